The van der Waals surface area contributed by atoms with Crippen molar-refractivity contribution in [2.75, 3.05) is 38.1 Å². The zero-order chi connectivity index (χ0) is 29.7. The van der Waals surface area contributed by atoms with Crippen molar-refractivity contribution in [1.29, 1.82) is 5.26 Å². The first kappa shape index (κ1) is 30.1. The molecule has 3 aromatic carbocycles. The maximum atomic E-state index is 13.0. The molecular weight excluding hydrogens is 571 g/mol. The Bertz CT molecular complexity index is 1450. The summed E-state index contributed by atoms with van der Waals surface area (Å²) in [6.45, 7) is 4.77. The first-order valence-electron chi connectivity index (χ1n) is 14.3. The second-order valence-electron chi connectivity index (χ2n) is 11.0. The van der Waals surface area contributed by atoms with Crippen LogP contribution in [0.4, 0.5) is 5.69 Å². The van der Waals surface area contributed by atoms with Gasteiger partial charge in [0.2, 0.25) is 11.8 Å². The molecule has 0 bridgehead atoms. The van der Waals surface area contributed by atoms with Crippen molar-refractivity contribution >= 4 is 40.7 Å². The van der Waals surface area contributed by atoms with Crippen LogP contribution in [0.1, 0.15) is 43.7 Å². The maximum Gasteiger partial charge on any atom is 0.250 e. The molecule has 7 nitrogen and oxygen atoms in total. The number of halogens is 2. The number of hydrogen-bond acceptors (Lipinski definition) is 5. The van der Waals surface area contributed by atoms with E-state index in [1.807, 2.05) is 23.1 Å². The number of benzene rings is 3. The van der Waals surface area contributed by atoms with Gasteiger partial charge in [0.05, 0.1) is 17.2 Å². The molecule has 0 unspecified atom stereocenters. The highest BCUT2D eigenvalue weighted by molar-refractivity contribution is 6.35. The molecule has 2 heterocycles. The lowest BCUT2D eigenvalue weighted by Gasteiger charge is -2.46. The van der Waals surface area contributed by atoms with Crippen molar-refractivity contribution in [2.45, 2.75) is 44.2 Å². The SMILES string of the molecule is CC(=O)N1CCC(N2CCC(OCC(=O)Nc3cc(Cl)cc(Cl)c3)(c3ccc(-c4cccc(C#N)c4)cc3)CC2)CC1. The third-order valence-electron chi connectivity index (χ3n) is 8.39. The number of nitriles is 1. The van der Waals surface area contributed by atoms with Gasteiger partial charge < -0.3 is 19.9 Å². The zero-order valence-corrected chi connectivity index (χ0v) is 25.1. The van der Waals surface area contributed by atoms with E-state index in [4.69, 9.17) is 27.9 Å². The highest BCUT2D eigenvalue weighted by Crippen LogP contribution is 2.39. The minimum absolute atomic E-state index is 0.118. The number of nitrogens with one attached hydrogen (secondary N) is 1. The van der Waals surface area contributed by atoms with E-state index in [0.717, 1.165) is 68.6 Å². The summed E-state index contributed by atoms with van der Waals surface area (Å²) in [6, 6.07) is 23.3. The van der Waals surface area contributed by atoms with Gasteiger partial charge in [-0.25, -0.2) is 0 Å². The van der Waals surface area contributed by atoms with E-state index in [1.165, 1.54) is 0 Å². The summed E-state index contributed by atoms with van der Waals surface area (Å²) in [5, 5.41) is 13.0. The van der Waals surface area contributed by atoms with Crippen molar-refractivity contribution in [3.8, 4) is 17.2 Å². The molecule has 5 rings (SSSR count). The Labute approximate surface area is 257 Å². The number of hydrogen-bond donors (Lipinski definition) is 1. The van der Waals surface area contributed by atoms with Gasteiger partial charge in [0.25, 0.3) is 0 Å². The summed E-state index contributed by atoms with van der Waals surface area (Å²) in [5.74, 6) is -0.141. The number of piperidine rings is 2. The van der Waals surface area contributed by atoms with Crippen LogP contribution in [-0.4, -0.2) is 60.4 Å². The van der Waals surface area contributed by atoms with E-state index in [9.17, 15) is 14.9 Å². The first-order chi connectivity index (χ1) is 20.2. The fraction of sp³-hybridized carbons (Fsp3) is 0.364. The number of ether oxygens (including phenoxy) is 1. The molecule has 0 saturated carbocycles. The molecule has 2 amide bonds. The van der Waals surface area contributed by atoms with Gasteiger partial charge in [0, 0.05) is 54.9 Å². The quantitative estimate of drug-likeness (QED) is 0.333. The van der Waals surface area contributed by atoms with Gasteiger partial charge in [-0.1, -0.05) is 59.6 Å². The maximum absolute atomic E-state index is 13.0. The van der Waals surface area contributed by atoms with E-state index >= 15 is 0 Å². The van der Waals surface area contributed by atoms with Gasteiger partial charge in [-0.05, 0) is 72.7 Å². The number of likely N-dealkylation sites (tertiary alicyclic amines) is 2. The van der Waals surface area contributed by atoms with Crippen LogP contribution in [0, 0.1) is 11.3 Å². The smallest absolute Gasteiger partial charge is 0.250 e. The topological polar surface area (TPSA) is 85.7 Å². The van der Waals surface area contributed by atoms with Gasteiger partial charge in [0.15, 0.2) is 0 Å². The fourth-order valence-electron chi connectivity index (χ4n) is 6.07. The zero-order valence-electron chi connectivity index (χ0n) is 23.6. The largest absolute Gasteiger partial charge is 0.360 e. The molecule has 0 aromatic heterocycles. The van der Waals surface area contributed by atoms with Gasteiger partial charge in [0.1, 0.15) is 6.61 Å². The molecule has 3 aromatic rings. The van der Waals surface area contributed by atoms with Crippen LogP contribution in [0.2, 0.25) is 10.0 Å². The average molecular weight is 606 g/mol. The van der Waals surface area contributed by atoms with Crippen LogP contribution in [0.15, 0.2) is 66.7 Å². The normalized spacial score (nSPS) is 17.4. The second-order valence-corrected chi connectivity index (χ2v) is 11.9. The summed E-state index contributed by atoms with van der Waals surface area (Å²) in [4.78, 5) is 29.2. The minimum atomic E-state index is -0.632. The average Bonchev–Trinajstić information content (AvgIpc) is 3.00. The predicted octanol–water partition coefficient (Wildman–Crippen LogP) is 6.49. The number of nitrogens with zero attached hydrogens (tertiary/aromatic N) is 3. The van der Waals surface area contributed by atoms with Gasteiger partial charge in [-0.2, -0.15) is 5.26 Å². The lowest BCUT2D eigenvalue weighted by atomic mass is 9.82. The number of rotatable bonds is 7. The predicted molar refractivity (Wildman–Crippen MR) is 165 cm³/mol. The van der Waals surface area contributed by atoms with Crippen LogP contribution >= 0.6 is 23.2 Å². The Balaban J connectivity index is 1.32. The summed E-state index contributed by atoms with van der Waals surface area (Å²) >= 11 is 12.2. The molecule has 42 heavy (non-hydrogen) atoms. The van der Waals surface area contributed by atoms with Crippen molar-refractivity contribution in [3.05, 3.63) is 87.9 Å². The third-order valence-corrected chi connectivity index (χ3v) is 8.83. The minimum Gasteiger partial charge on any atom is -0.360 e. The van der Waals surface area contributed by atoms with Crippen LogP contribution in [0.25, 0.3) is 11.1 Å². The lowest BCUT2D eigenvalue weighted by molar-refractivity contribution is -0.137. The van der Waals surface area contributed by atoms with Gasteiger partial charge in [-0.3, -0.25) is 9.59 Å². The molecule has 0 atom stereocenters. The molecule has 0 spiro atoms. The highest BCUT2D eigenvalue weighted by atomic mass is 35.5. The molecule has 218 valence electrons. The molecular formula is C33H34Cl2N4O3. The molecule has 9 heteroatoms. The Kier molecular flexibility index (Phi) is 9.50. The van der Waals surface area contributed by atoms with E-state index in [0.29, 0.717) is 27.3 Å². The van der Waals surface area contributed by atoms with Crippen LogP contribution < -0.4 is 5.32 Å². The summed E-state index contributed by atoms with van der Waals surface area (Å²) < 4.78 is 6.52. The van der Waals surface area contributed by atoms with Crippen LogP contribution in [0.3, 0.4) is 0 Å². The van der Waals surface area contributed by atoms with Gasteiger partial charge >= 0.3 is 0 Å². The standard InChI is InChI=1S/C33H34Cl2N4O3/c1-23(40)38-13-9-31(10-14-38)39-15-11-33(12-16-39,42-22-32(41)37-30-19-28(34)18-29(35)20-30)27-7-5-25(6-8-27)26-4-2-3-24(17-26)21-36/h2-8,17-20,31H,9-16,22H2,1H3,(H,37,41). The second kappa shape index (κ2) is 13.3. The van der Waals surface area contributed by atoms with E-state index in [1.54, 1.807) is 31.2 Å². The van der Waals surface area contributed by atoms with E-state index in [-0.39, 0.29) is 18.4 Å². The molecule has 2 saturated heterocycles. The Hall–Kier alpha value is -3.41. The Morgan fingerprint density at radius 2 is 1.62 bits per heavy atom. The van der Waals surface area contributed by atoms with E-state index < -0.39 is 5.60 Å². The number of amides is 2. The molecule has 0 radical (unpaired) electrons. The molecule has 2 aliphatic rings. The Morgan fingerprint density at radius 3 is 2.24 bits per heavy atom. The summed E-state index contributed by atoms with van der Waals surface area (Å²) in [5.41, 5.74) is 3.51. The fourth-order valence-corrected chi connectivity index (χ4v) is 6.60. The van der Waals surface area contributed by atoms with E-state index in [2.05, 4.69) is 40.6 Å². The molecule has 1 N–H and O–H groups in total. The van der Waals surface area contributed by atoms with Crippen molar-refractivity contribution in [3.63, 3.8) is 0 Å². The summed E-state index contributed by atoms with van der Waals surface area (Å²) in [6.07, 6.45) is 3.40. The monoisotopic (exact) mass is 604 g/mol. The van der Waals surface area contributed by atoms with Crippen molar-refractivity contribution in [2.24, 2.45) is 0 Å². The van der Waals surface area contributed by atoms with Crippen molar-refractivity contribution in [1.82, 2.24) is 9.80 Å². The molecule has 0 aliphatic carbocycles. The summed E-state index contributed by atoms with van der Waals surface area (Å²) in [7, 11) is 0. The highest BCUT2D eigenvalue weighted by Gasteiger charge is 2.40. The van der Waals surface area contributed by atoms with Crippen molar-refractivity contribution < 1.29 is 14.3 Å². The lowest BCUT2D eigenvalue weighted by Crippen LogP contribution is -2.52. The first-order valence-corrected chi connectivity index (χ1v) is 15.0. The van der Waals surface area contributed by atoms with Gasteiger partial charge in [-0.15, -0.1) is 0 Å². The van der Waals surface area contributed by atoms with Crippen LogP contribution in [-0.2, 0) is 19.9 Å². The number of anilines is 1. The molecule has 2 aliphatic heterocycles. The number of carbonyl (C=O) groups is 2. The Morgan fingerprint density at radius 1 is 0.952 bits per heavy atom. The molecule has 2 fully saturated rings. The third kappa shape index (κ3) is 7.14. The van der Waals surface area contributed by atoms with Crippen LogP contribution in [0.5, 0.6) is 0 Å². The number of carbonyl (C=O) groups excluding carboxylic acids is 2.